The van der Waals surface area contributed by atoms with Crippen LogP contribution in [0.5, 0.6) is 0 Å². The Morgan fingerprint density at radius 3 is 1.96 bits per heavy atom. The maximum Gasteiger partial charge on any atom is 0.251 e. The Labute approximate surface area is 159 Å². The number of hydrogen-bond donors (Lipinski definition) is 2. The smallest absolute Gasteiger partial charge is 0.251 e. The fourth-order valence-electron chi connectivity index (χ4n) is 2.82. The van der Waals surface area contributed by atoms with E-state index in [4.69, 9.17) is 0 Å². The summed E-state index contributed by atoms with van der Waals surface area (Å²) >= 11 is 0. The molecule has 2 amide bonds. The first-order valence-electron chi connectivity index (χ1n) is 8.91. The van der Waals surface area contributed by atoms with Gasteiger partial charge in [-0.3, -0.25) is 9.59 Å². The average molecular weight is 358 g/mol. The quantitative estimate of drug-likeness (QED) is 0.701. The standard InChI is InChI=1S/C23H22N2O2/c1-17(18-8-4-2-5-9-18)25-22(26)16-24-23(27)21-14-12-20(13-15-21)19-10-6-3-7-11-19/h2-15,17H,16H2,1H3,(H,24,27)(H,25,26). The SMILES string of the molecule is CC(NC(=O)CNC(=O)c1ccc(-c2ccccc2)cc1)c1ccccc1. The molecule has 0 heterocycles. The number of amides is 2. The lowest BCUT2D eigenvalue weighted by Crippen LogP contribution is -2.38. The topological polar surface area (TPSA) is 58.2 Å². The first-order chi connectivity index (χ1) is 13.1. The maximum atomic E-state index is 12.3. The van der Waals surface area contributed by atoms with Gasteiger partial charge in [0.15, 0.2) is 0 Å². The minimum Gasteiger partial charge on any atom is -0.348 e. The zero-order valence-corrected chi connectivity index (χ0v) is 15.2. The Bertz CT molecular complexity index is 891. The van der Waals surface area contributed by atoms with Crippen LogP contribution in [0, 0.1) is 0 Å². The van der Waals surface area contributed by atoms with Gasteiger partial charge in [0, 0.05) is 5.56 Å². The zero-order valence-electron chi connectivity index (χ0n) is 15.2. The summed E-state index contributed by atoms with van der Waals surface area (Å²) in [5.74, 6) is -0.488. The van der Waals surface area contributed by atoms with Crippen LogP contribution in [0.4, 0.5) is 0 Å². The molecule has 0 saturated carbocycles. The van der Waals surface area contributed by atoms with Crippen molar-refractivity contribution >= 4 is 11.8 Å². The lowest BCUT2D eigenvalue weighted by Gasteiger charge is -2.14. The Balaban J connectivity index is 1.52. The second kappa shape index (κ2) is 8.81. The van der Waals surface area contributed by atoms with E-state index in [0.29, 0.717) is 5.56 Å². The highest BCUT2D eigenvalue weighted by Crippen LogP contribution is 2.19. The van der Waals surface area contributed by atoms with Crippen molar-refractivity contribution < 1.29 is 9.59 Å². The summed E-state index contributed by atoms with van der Waals surface area (Å²) in [5.41, 5.74) is 3.69. The molecule has 0 aromatic heterocycles. The fraction of sp³-hybridized carbons (Fsp3) is 0.130. The van der Waals surface area contributed by atoms with Crippen LogP contribution in [0.15, 0.2) is 84.9 Å². The van der Waals surface area contributed by atoms with Gasteiger partial charge in [0.05, 0.1) is 12.6 Å². The number of carbonyl (C=O) groups is 2. The normalized spacial score (nSPS) is 11.4. The number of rotatable bonds is 6. The number of benzene rings is 3. The third-order valence-corrected chi connectivity index (χ3v) is 4.34. The minimum atomic E-state index is -0.267. The predicted octanol–water partition coefficient (Wildman–Crippen LogP) is 3.96. The molecule has 0 radical (unpaired) electrons. The van der Waals surface area contributed by atoms with Crippen LogP contribution in [-0.4, -0.2) is 18.4 Å². The Hall–Kier alpha value is -3.40. The van der Waals surface area contributed by atoms with Gasteiger partial charge in [-0.1, -0.05) is 72.8 Å². The van der Waals surface area contributed by atoms with E-state index in [1.54, 1.807) is 12.1 Å². The van der Waals surface area contributed by atoms with Crippen LogP contribution >= 0.6 is 0 Å². The van der Waals surface area contributed by atoms with Crippen molar-refractivity contribution in [1.82, 2.24) is 10.6 Å². The summed E-state index contributed by atoms with van der Waals surface area (Å²) in [4.78, 5) is 24.3. The number of hydrogen-bond acceptors (Lipinski definition) is 2. The van der Waals surface area contributed by atoms with Crippen LogP contribution in [0.2, 0.25) is 0 Å². The summed E-state index contributed by atoms with van der Waals surface area (Å²) in [5, 5.41) is 5.54. The molecular formula is C23H22N2O2. The molecule has 27 heavy (non-hydrogen) atoms. The van der Waals surface area contributed by atoms with E-state index in [2.05, 4.69) is 10.6 Å². The highest BCUT2D eigenvalue weighted by atomic mass is 16.2. The van der Waals surface area contributed by atoms with Crippen LogP contribution in [0.1, 0.15) is 28.9 Å². The van der Waals surface area contributed by atoms with Gasteiger partial charge in [-0.05, 0) is 35.7 Å². The molecule has 1 unspecified atom stereocenters. The Morgan fingerprint density at radius 1 is 0.778 bits per heavy atom. The minimum absolute atomic E-state index is 0.0591. The molecule has 0 aliphatic heterocycles. The molecule has 0 aliphatic carbocycles. The molecule has 0 spiro atoms. The van der Waals surface area contributed by atoms with Gasteiger partial charge < -0.3 is 10.6 Å². The fourth-order valence-corrected chi connectivity index (χ4v) is 2.82. The Kier molecular flexibility index (Phi) is 6.00. The molecule has 4 heteroatoms. The van der Waals surface area contributed by atoms with E-state index < -0.39 is 0 Å². The average Bonchev–Trinajstić information content (AvgIpc) is 2.73. The third-order valence-electron chi connectivity index (χ3n) is 4.34. The van der Waals surface area contributed by atoms with Gasteiger partial charge in [-0.15, -0.1) is 0 Å². The van der Waals surface area contributed by atoms with Crippen molar-refractivity contribution in [3.05, 3.63) is 96.1 Å². The molecule has 3 aromatic rings. The molecule has 3 aromatic carbocycles. The monoisotopic (exact) mass is 358 g/mol. The van der Waals surface area contributed by atoms with Gasteiger partial charge in [-0.2, -0.15) is 0 Å². The van der Waals surface area contributed by atoms with Gasteiger partial charge in [-0.25, -0.2) is 0 Å². The zero-order chi connectivity index (χ0) is 19.1. The summed E-state index contributed by atoms with van der Waals surface area (Å²) < 4.78 is 0. The Morgan fingerprint density at radius 2 is 1.33 bits per heavy atom. The van der Waals surface area contributed by atoms with Gasteiger partial charge >= 0.3 is 0 Å². The van der Waals surface area contributed by atoms with E-state index in [0.717, 1.165) is 16.7 Å². The molecule has 4 nitrogen and oxygen atoms in total. The molecule has 3 rings (SSSR count). The lowest BCUT2D eigenvalue weighted by atomic mass is 10.0. The number of carbonyl (C=O) groups excluding carboxylic acids is 2. The van der Waals surface area contributed by atoms with Crippen molar-refractivity contribution in [3.63, 3.8) is 0 Å². The first-order valence-corrected chi connectivity index (χ1v) is 8.91. The van der Waals surface area contributed by atoms with E-state index >= 15 is 0 Å². The van der Waals surface area contributed by atoms with E-state index in [-0.39, 0.29) is 24.4 Å². The third kappa shape index (κ3) is 5.05. The largest absolute Gasteiger partial charge is 0.348 e. The molecule has 136 valence electrons. The van der Waals surface area contributed by atoms with Gasteiger partial charge in [0.1, 0.15) is 0 Å². The molecular weight excluding hydrogens is 336 g/mol. The first kappa shape index (κ1) is 18.4. The molecule has 0 fully saturated rings. The summed E-state index contributed by atoms with van der Waals surface area (Å²) in [6, 6.07) is 26.9. The van der Waals surface area contributed by atoms with Crippen LogP contribution in [0.3, 0.4) is 0 Å². The number of nitrogens with one attached hydrogen (secondary N) is 2. The van der Waals surface area contributed by atoms with E-state index in [9.17, 15) is 9.59 Å². The molecule has 1 atom stereocenters. The summed E-state index contributed by atoms with van der Waals surface area (Å²) in [6.07, 6.45) is 0. The summed E-state index contributed by atoms with van der Waals surface area (Å²) in [6.45, 7) is 1.85. The van der Waals surface area contributed by atoms with Crippen molar-refractivity contribution in [2.75, 3.05) is 6.54 Å². The van der Waals surface area contributed by atoms with Gasteiger partial charge in [0.25, 0.3) is 5.91 Å². The molecule has 2 N–H and O–H groups in total. The van der Waals surface area contributed by atoms with Crippen LogP contribution < -0.4 is 10.6 Å². The van der Waals surface area contributed by atoms with Crippen molar-refractivity contribution in [2.24, 2.45) is 0 Å². The van der Waals surface area contributed by atoms with E-state index in [1.165, 1.54) is 0 Å². The maximum absolute atomic E-state index is 12.3. The molecule has 0 bridgehead atoms. The molecule has 0 saturated heterocycles. The highest BCUT2D eigenvalue weighted by molar-refractivity contribution is 5.96. The second-order valence-corrected chi connectivity index (χ2v) is 6.33. The van der Waals surface area contributed by atoms with Gasteiger partial charge in [0.2, 0.25) is 5.91 Å². The van der Waals surface area contributed by atoms with E-state index in [1.807, 2.05) is 79.7 Å². The predicted molar refractivity (Wildman–Crippen MR) is 107 cm³/mol. The van der Waals surface area contributed by atoms with Crippen molar-refractivity contribution in [1.29, 1.82) is 0 Å². The lowest BCUT2D eigenvalue weighted by molar-refractivity contribution is -0.120. The van der Waals surface area contributed by atoms with Crippen LogP contribution in [0.25, 0.3) is 11.1 Å². The molecule has 0 aliphatic rings. The van der Waals surface area contributed by atoms with Crippen molar-refractivity contribution in [3.8, 4) is 11.1 Å². The summed E-state index contributed by atoms with van der Waals surface area (Å²) in [7, 11) is 0. The van der Waals surface area contributed by atoms with Crippen molar-refractivity contribution in [2.45, 2.75) is 13.0 Å². The highest BCUT2D eigenvalue weighted by Gasteiger charge is 2.11. The van der Waals surface area contributed by atoms with Crippen LogP contribution in [-0.2, 0) is 4.79 Å². The second-order valence-electron chi connectivity index (χ2n) is 6.33.